The Kier molecular flexibility index (Phi) is 3.48. The Hall–Kier alpha value is -1.35. The van der Waals surface area contributed by atoms with E-state index in [-0.39, 0.29) is 6.54 Å². The van der Waals surface area contributed by atoms with E-state index in [1.807, 2.05) is 6.07 Å². The van der Waals surface area contributed by atoms with Gasteiger partial charge in [-0.2, -0.15) is 0 Å². The molecular weight excluding hydrogens is 214 g/mol. The molecule has 1 heterocycles. The number of likely N-dealkylation sites (tertiary alicyclic amines) is 1. The van der Waals surface area contributed by atoms with Gasteiger partial charge in [0.1, 0.15) is 0 Å². The van der Waals surface area contributed by atoms with Gasteiger partial charge in [-0.05, 0) is 37.3 Å². The maximum Gasteiger partial charge on any atom is 0.317 e. The SMILES string of the molecule is Cc1ccccc1[C@@H]1C[C@H](C)N(CC(=O)O)C1. The van der Waals surface area contributed by atoms with Crippen molar-refractivity contribution in [3.05, 3.63) is 35.4 Å². The lowest BCUT2D eigenvalue weighted by molar-refractivity contribution is -0.138. The van der Waals surface area contributed by atoms with Crippen molar-refractivity contribution in [1.82, 2.24) is 4.90 Å². The van der Waals surface area contributed by atoms with E-state index >= 15 is 0 Å². The van der Waals surface area contributed by atoms with Crippen LogP contribution in [-0.2, 0) is 4.79 Å². The van der Waals surface area contributed by atoms with Gasteiger partial charge in [0.2, 0.25) is 0 Å². The van der Waals surface area contributed by atoms with Gasteiger partial charge in [-0.15, -0.1) is 0 Å². The highest BCUT2D eigenvalue weighted by atomic mass is 16.4. The van der Waals surface area contributed by atoms with Gasteiger partial charge in [0, 0.05) is 12.6 Å². The molecule has 0 aliphatic carbocycles. The highest BCUT2D eigenvalue weighted by Crippen LogP contribution is 2.32. The fourth-order valence-corrected chi connectivity index (χ4v) is 2.76. The second kappa shape index (κ2) is 4.88. The molecule has 0 saturated carbocycles. The highest BCUT2D eigenvalue weighted by molar-refractivity contribution is 5.69. The average molecular weight is 233 g/mol. The summed E-state index contributed by atoms with van der Waals surface area (Å²) in [4.78, 5) is 12.8. The molecule has 1 saturated heterocycles. The van der Waals surface area contributed by atoms with Crippen molar-refractivity contribution in [2.45, 2.75) is 32.2 Å². The lowest BCUT2D eigenvalue weighted by Crippen LogP contribution is -2.32. The molecule has 0 bridgehead atoms. The maximum absolute atomic E-state index is 10.8. The Morgan fingerprint density at radius 3 is 2.82 bits per heavy atom. The van der Waals surface area contributed by atoms with Crippen LogP contribution in [0.4, 0.5) is 0 Å². The molecular formula is C14H19NO2. The Morgan fingerprint density at radius 1 is 1.47 bits per heavy atom. The maximum atomic E-state index is 10.8. The standard InChI is InChI=1S/C14H19NO2/c1-10-5-3-4-6-13(10)12-7-11(2)15(8-12)9-14(16)17/h3-6,11-12H,7-9H2,1-2H3,(H,16,17)/t11-,12+/m0/s1. The quantitative estimate of drug-likeness (QED) is 0.870. The van der Waals surface area contributed by atoms with Crippen LogP contribution >= 0.6 is 0 Å². The number of benzene rings is 1. The first-order valence-electron chi connectivity index (χ1n) is 6.09. The summed E-state index contributed by atoms with van der Waals surface area (Å²) in [5, 5.41) is 8.86. The first kappa shape index (κ1) is 12.1. The number of carbonyl (C=O) groups is 1. The highest BCUT2D eigenvalue weighted by Gasteiger charge is 2.31. The number of carboxylic acids is 1. The van der Waals surface area contributed by atoms with Gasteiger partial charge in [0.05, 0.1) is 6.54 Å². The number of aryl methyl sites for hydroxylation is 1. The van der Waals surface area contributed by atoms with Crippen molar-refractivity contribution in [2.24, 2.45) is 0 Å². The molecule has 1 aliphatic rings. The zero-order valence-corrected chi connectivity index (χ0v) is 10.4. The number of aliphatic carboxylic acids is 1. The molecule has 3 nitrogen and oxygen atoms in total. The average Bonchev–Trinajstić information content (AvgIpc) is 2.60. The van der Waals surface area contributed by atoms with Crippen molar-refractivity contribution >= 4 is 5.97 Å². The number of rotatable bonds is 3. The van der Waals surface area contributed by atoms with Crippen LogP contribution in [0.25, 0.3) is 0 Å². The fourth-order valence-electron chi connectivity index (χ4n) is 2.76. The molecule has 0 unspecified atom stereocenters. The molecule has 2 atom stereocenters. The minimum absolute atomic E-state index is 0.156. The molecule has 1 aromatic carbocycles. The fraction of sp³-hybridized carbons (Fsp3) is 0.500. The van der Waals surface area contributed by atoms with Crippen molar-refractivity contribution in [3.8, 4) is 0 Å². The lowest BCUT2D eigenvalue weighted by Gasteiger charge is -2.18. The predicted octanol–water partition coefficient (Wildman–Crippen LogP) is 2.26. The smallest absolute Gasteiger partial charge is 0.317 e. The first-order valence-corrected chi connectivity index (χ1v) is 6.09. The van der Waals surface area contributed by atoms with Crippen LogP contribution in [-0.4, -0.2) is 35.1 Å². The zero-order chi connectivity index (χ0) is 12.4. The van der Waals surface area contributed by atoms with E-state index in [0.29, 0.717) is 12.0 Å². The van der Waals surface area contributed by atoms with Crippen molar-refractivity contribution in [3.63, 3.8) is 0 Å². The Balaban J connectivity index is 2.11. The summed E-state index contributed by atoms with van der Waals surface area (Å²) in [6.45, 7) is 5.25. The molecule has 1 aromatic rings. The third-order valence-electron chi connectivity index (χ3n) is 3.67. The summed E-state index contributed by atoms with van der Waals surface area (Å²) in [7, 11) is 0. The third kappa shape index (κ3) is 2.67. The monoisotopic (exact) mass is 233 g/mol. The van der Waals surface area contributed by atoms with Gasteiger partial charge >= 0.3 is 5.97 Å². The minimum atomic E-state index is -0.734. The van der Waals surface area contributed by atoms with Gasteiger partial charge in [0.25, 0.3) is 0 Å². The van der Waals surface area contributed by atoms with Gasteiger partial charge < -0.3 is 5.11 Å². The minimum Gasteiger partial charge on any atom is -0.480 e. The summed E-state index contributed by atoms with van der Waals surface area (Å²) < 4.78 is 0. The summed E-state index contributed by atoms with van der Waals surface area (Å²) in [5.41, 5.74) is 2.68. The molecule has 2 rings (SSSR count). The summed E-state index contributed by atoms with van der Waals surface area (Å²) >= 11 is 0. The molecule has 1 N–H and O–H groups in total. The van der Waals surface area contributed by atoms with Gasteiger partial charge in [-0.25, -0.2) is 0 Å². The van der Waals surface area contributed by atoms with E-state index in [1.165, 1.54) is 11.1 Å². The van der Waals surface area contributed by atoms with Crippen LogP contribution < -0.4 is 0 Å². The van der Waals surface area contributed by atoms with Crippen LogP contribution in [0.15, 0.2) is 24.3 Å². The normalized spacial score (nSPS) is 25.1. The van der Waals surface area contributed by atoms with E-state index in [9.17, 15) is 4.79 Å². The van der Waals surface area contributed by atoms with Crippen LogP contribution in [0.5, 0.6) is 0 Å². The lowest BCUT2D eigenvalue weighted by atomic mass is 9.93. The predicted molar refractivity (Wildman–Crippen MR) is 67.2 cm³/mol. The molecule has 0 aromatic heterocycles. The van der Waals surface area contributed by atoms with Crippen LogP contribution in [0.2, 0.25) is 0 Å². The van der Waals surface area contributed by atoms with E-state index in [2.05, 4.69) is 36.9 Å². The van der Waals surface area contributed by atoms with E-state index < -0.39 is 5.97 Å². The zero-order valence-electron chi connectivity index (χ0n) is 10.4. The second-order valence-electron chi connectivity index (χ2n) is 4.96. The molecule has 0 radical (unpaired) electrons. The number of hydrogen-bond donors (Lipinski definition) is 1. The van der Waals surface area contributed by atoms with Gasteiger partial charge in [-0.1, -0.05) is 24.3 Å². The molecule has 1 aliphatic heterocycles. The summed E-state index contributed by atoms with van der Waals surface area (Å²) in [5.74, 6) is -0.257. The third-order valence-corrected chi connectivity index (χ3v) is 3.67. The van der Waals surface area contributed by atoms with Gasteiger partial charge in [0.15, 0.2) is 0 Å². The van der Waals surface area contributed by atoms with E-state index in [0.717, 1.165) is 13.0 Å². The Labute approximate surface area is 102 Å². The number of nitrogens with zero attached hydrogens (tertiary/aromatic N) is 1. The van der Waals surface area contributed by atoms with Crippen LogP contribution in [0.1, 0.15) is 30.4 Å². The van der Waals surface area contributed by atoms with E-state index in [1.54, 1.807) is 0 Å². The molecule has 17 heavy (non-hydrogen) atoms. The van der Waals surface area contributed by atoms with Crippen LogP contribution in [0, 0.1) is 6.92 Å². The number of carboxylic acid groups (broad SMARTS) is 1. The van der Waals surface area contributed by atoms with Crippen LogP contribution in [0.3, 0.4) is 0 Å². The Bertz CT molecular complexity index is 416. The molecule has 0 spiro atoms. The van der Waals surface area contributed by atoms with Crippen molar-refractivity contribution in [2.75, 3.05) is 13.1 Å². The van der Waals surface area contributed by atoms with E-state index in [4.69, 9.17) is 5.11 Å². The molecule has 1 fully saturated rings. The summed E-state index contributed by atoms with van der Waals surface area (Å²) in [6, 6.07) is 8.76. The summed E-state index contributed by atoms with van der Waals surface area (Å²) in [6.07, 6.45) is 1.05. The topological polar surface area (TPSA) is 40.5 Å². The second-order valence-corrected chi connectivity index (χ2v) is 4.96. The first-order chi connectivity index (χ1) is 8.08. The molecule has 92 valence electrons. The van der Waals surface area contributed by atoms with Crippen molar-refractivity contribution in [1.29, 1.82) is 0 Å². The Morgan fingerprint density at radius 2 is 2.18 bits per heavy atom. The molecule has 3 heteroatoms. The van der Waals surface area contributed by atoms with Gasteiger partial charge in [-0.3, -0.25) is 9.69 Å². The van der Waals surface area contributed by atoms with Crippen molar-refractivity contribution < 1.29 is 9.90 Å². The number of hydrogen-bond acceptors (Lipinski definition) is 2. The molecule has 0 amide bonds. The largest absolute Gasteiger partial charge is 0.480 e.